The Kier molecular flexibility index (Phi) is 7.52. The molecule has 0 unspecified atom stereocenters. The van der Waals surface area contributed by atoms with Crippen LogP contribution in [0.5, 0.6) is 17.2 Å². The van der Waals surface area contributed by atoms with Gasteiger partial charge in [-0.05, 0) is 55.3 Å². The van der Waals surface area contributed by atoms with Crippen LogP contribution in [0.3, 0.4) is 0 Å². The highest BCUT2D eigenvalue weighted by atomic mass is 19.4. The van der Waals surface area contributed by atoms with Crippen molar-refractivity contribution in [2.75, 3.05) is 6.61 Å². The second-order valence-corrected chi connectivity index (χ2v) is 8.28. The first-order valence-electron chi connectivity index (χ1n) is 11.5. The van der Waals surface area contributed by atoms with E-state index in [-0.39, 0.29) is 41.2 Å². The van der Waals surface area contributed by atoms with Gasteiger partial charge in [-0.2, -0.15) is 13.2 Å². The lowest BCUT2D eigenvalue weighted by Crippen LogP contribution is -2.15. The molecule has 3 aromatic carbocycles. The van der Waals surface area contributed by atoms with Gasteiger partial charge in [0.15, 0.2) is 0 Å². The molecule has 192 valence electrons. The summed E-state index contributed by atoms with van der Waals surface area (Å²) in [5.74, 6) is -3.00. The molecule has 4 rings (SSSR count). The molecule has 0 aliphatic carbocycles. The van der Waals surface area contributed by atoms with E-state index in [2.05, 4.69) is 0 Å². The number of halogens is 3. The lowest BCUT2D eigenvalue weighted by atomic mass is 10.1. The molecule has 0 N–H and O–H groups in total. The van der Waals surface area contributed by atoms with E-state index < -0.39 is 29.1 Å². The van der Waals surface area contributed by atoms with Crippen molar-refractivity contribution in [3.63, 3.8) is 0 Å². The predicted molar refractivity (Wildman–Crippen MR) is 130 cm³/mol. The van der Waals surface area contributed by atoms with Crippen molar-refractivity contribution in [3.05, 3.63) is 99.4 Å². The third-order valence-corrected chi connectivity index (χ3v) is 5.35. The maximum Gasteiger partial charge on any atom is 0.453 e. The highest BCUT2D eigenvalue weighted by molar-refractivity contribution is 5.89. The van der Waals surface area contributed by atoms with Gasteiger partial charge in [0, 0.05) is 6.07 Å². The summed E-state index contributed by atoms with van der Waals surface area (Å²) in [4.78, 5) is 25.0. The van der Waals surface area contributed by atoms with Gasteiger partial charge in [0.25, 0.3) is 5.76 Å². The van der Waals surface area contributed by atoms with E-state index in [1.54, 1.807) is 0 Å². The Bertz CT molecular complexity index is 1460. The van der Waals surface area contributed by atoms with Gasteiger partial charge in [0.2, 0.25) is 11.2 Å². The number of esters is 1. The Balaban J connectivity index is 1.63. The summed E-state index contributed by atoms with van der Waals surface area (Å²) in [7, 11) is 0. The molecule has 37 heavy (non-hydrogen) atoms. The largest absolute Gasteiger partial charge is 0.489 e. The highest BCUT2D eigenvalue weighted by Crippen LogP contribution is 2.38. The average molecular weight is 512 g/mol. The van der Waals surface area contributed by atoms with Crippen molar-refractivity contribution in [2.45, 2.75) is 33.1 Å². The maximum absolute atomic E-state index is 13.8. The molecule has 0 amide bonds. The van der Waals surface area contributed by atoms with Crippen molar-refractivity contribution in [3.8, 4) is 17.2 Å². The number of benzene rings is 3. The van der Waals surface area contributed by atoms with E-state index in [0.717, 1.165) is 11.1 Å². The second-order valence-electron chi connectivity index (χ2n) is 8.28. The SMILES string of the molecule is CCCOC(=O)c1ccc(Oc2c(C(F)(F)F)oc3cc(OCc4ccc(C)cc4)ccc3c2=O)cc1. The molecule has 0 saturated carbocycles. The summed E-state index contributed by atoms with van der Waals surface area (Å²) in [6.07, 6.45) is -4.36. The van der Waals surface area contributed by atoms with Gasteiger partial charge >= 0.3 is 12.1 Å². The Morgan fingerprint density at radius 1 is 0.946 bits per heavy atom. The van der Waals surface area contributed by atoms with Gasteiger partial charge in [-0.25, -0.2) is 4.79 Å². The molecule has 0 atom stereocenters. The topological polar surface area (TPSA) is 75.0 Å². The average Bonchev–Trinajstić information content (AvgIpc) is 2.88. The Morgan fingerprint density at radius 3 is 2.27 bits per heavy atom. The first-order valence-corrected chi connectivity index (χ1v) is 11.5. The number of alkyl halides is 3. The second kappa shape index (κ2) is 10.8. The summed E-state index contributed by atoms with van der Waals surface area (Å²) in [6.45, 7) is 4.22. The lowest BCUT2D eigenvalue weighted by molar-refractivity contribution is -0.154. The molecule has 9 heteroatoms. The third-order valence-electron chi connectivity index (χ3n) is 5.35. The predicted octanol–water partition coefficient (Wildman–Crippen LogP) is 7.06. The van der Waals surface area contributed by atoms with Crippen molar-refractivity contribution in [2.24, 2.45) is 0 Å². The van der Waals surface area contributed by atoms with Crippen LogP contribution >= 0.6 is 0 Å². The molecule has 0 aliphatic rings. The molecule has 0 bridgehead atoms. The molecular formula is C28H23F3O6. The van der Waals surface area contributed by atoms with Gasteiger partial charge in [0.05, 0.1) is 17.6 Å². The molecule has 0 fully saturated rings. The van der Waals surface area contributed by atoms with E-state index in [1.807, 2.05) is 38.1 Å². The first-order chi connectivity index (χ1) is 17.7. The van der Waals surface area contributed by atoms with Crippen LogP contribution in [-0.2, 0) is 17.5 Å². The van der Waals surface area contributed by atoms with Crippen LogP contribution in [0.25, 0.3) is 11.0 Å². The van der Waals surface area contributed by atoms with E-state index in [1.165, 1.54) is 42.5 Å². The van der Waals surface area contributed by atoms with Crippen molar-refractivity contribution in [1.82, 2.24) is 0 Å². The maximum atomic E-state index is 13.8. The molecular weight excluding hydrogens is 489 g/mol. The smallest absolute Gasteiger partial charge is 0.453 e. The molecule has 0 aliphatic heterocycles. The van der Waals surface area contributed by atoms with Crippen LogP contribution in [0.4, 0.5) is 13.2 Å². The number of aryl methyl sites for hydroxylation is 1. The quantitative estimate of drug-likeness (QED) is 0.235. The standard InChI is InChI=1S/C28H23F3O6/c1-3-14-34-27(33)19-8-10-20(11-9-19)36-25-24(32)22-13-12-21(15-23(22)37-26(25)28(29,30)31)35-16-18-6-4-17(2)5-7-18/h4-13,15H,3,14,16H2,1-2H3. The van der Waals surface area contributed by atoms with Crippen LogP contribution in [0, 0.1) is 6.92 Å². The minimum Gasteiger partial charge on any atom is -0.489 e. The number of fused-ring (bicyclic) bond motifs is 1. The number of hydrogen-bond acceptors (Lipinski definition) is 6. The van der Waals surface area contributed by atoms with Crippen LogP contribution < -0.4 is 14.9 Å². The van der Waals surface area contributed by atoms with Crippen molar-refractivity contribution >= 4 is 16.9 Å². The van der Waals surface area contributed by atoms with E-state index in [0.29, 0.717) is 6.42 Å². The summed E-state index contributed by atoms with van der Waals surface area (Å²) < 4.78 is 62.7. The molecule has 1 aromatic heterocycles. The van der Waals surface area contributed by atoms with Crippen LogP contribution in [0.2, 0.25) is 0 Å². The first kappa shape index (κ1) is 25.8. The van der Waals surface area contributed by atoms with Gasteiger partial charge < -0.3 is 18.6 Å². The monoisotopic (exact) mass is 512 g/mol. The van der Waals surface area contributed by atoms with Crippen LogP contribution in [0.1, 0.15) is 40.6 Å². The van der Waals surface area contributed by atoms with E-state index in [4.69, 9.17) is 18.6 Å². The third kappa shape index (κ3) is 6.11. The number of hydrogen-bond donors (Lipinski definition) is 0. The fourth-order valence-electron chi connectivity index (χ4n) is 3.43. The van der Waals surface area contributed by atoms with Gasteiger partial charge in [-0.15, -0.1) is 0 Å². The normalized spacial score (nSPS) is 11.4. The number of ether oxygens (including phenoxy) is 3. The zero-order chi connectivity index (χ0) is 26.6. The minimum atomic E-state index is -5.01. The highest BCUT2D eigenvalue weighted by Gasteiger charge is 2.40. The van der Waals surface area contributed by atoms with E-state index in [9.17, 15) is 22.8 Å². The minimum absolute atomic E-state index is 0.0813. The zero-order valence-corrected chi connectivity index (χ0v) is 20.1. The number of carbonyl (C=O) groups excluding carboxylic acids is 1. The molecule has 4 aromatic rings. The summed E-state index contributed by atoms with van der Waals surface area (Å²) in [5, 5.41) is -0.106. The fourth-order valence-corrected chi connectivity index (χ4v) is 3.43. The molecule has 0 spiro atoms. The summed E-state index contributed by atoms with van der Waals surface area (Å²) in [5.41, 5.74) is 0.863. The Morgan fingerprint density at radius 2 is 1.62 bits per heavy atom. The Hall–Kier alpha value is -4.27. The number of carbonyl (C=O) groups is 1. The van der Waals surface area contributed by atoms with Crippen LogP contribution in [0.15, 0.2) is 75.9 Å². The van der Waals surface area contributed by atoms with Gasteiger partial charge in [-0.1, -0.05) is 36.8 Å². The summed E-state index contributed by atoms with van der Waals surface area (Å²) >= 11 is 0. The molecule has 1 heterocycles. The van der Waals surface area contributed by atoms with E-state index >= 15 is 0 Å². The molecule has 0 saturated heterocycles. The zero-order valence-electron chi connectivity index (χ0n) is 20.1. The lowest BCUT2D eigenvalue weighted by Gasteiger charge is -2.14. The Labute approximate surface area is 210 Å². The molecule has 6 nitrogen and oxygen atoms in total. The fraction of sp³-hybridized carbons (Fsp3) is 0.214. The van der Waals surface area contributed by atoms with Crippen molar-refractivity contribution < 1.29 is 36.6 Å². The number of rotatable bonds is 8. The molecule has 0 radical (unpaired) electrons. The van der Waals surface area contributed by atoms with Gasteiger partial charge in [-0.3, -0.25) is 4.79 Å². The van der Waals surface area contributed by atoms with Gasteiger partial charge in [0.1, 0.15) is 23.7 Å². The van der Waals surface area contributed by atoms with Crippen molar-refractivity contribution in [1.29, 1.82) is 0 Å². The van der Waals surface area contributed by atoms with Crippen LogP contribution in [-0.4, -0.2) is 12.6 Å². The summed E-state index contributed by atoms with van der Waals surface area (Å²) in [6, 6.07) is 16.8.